The lowest BCUT2D eigenvalue weighted by atomic mass is 10.2. The number of rotatable bonds is 4. The highest BCUT2D eigenvalue weighted by molar-refractivity contribution is 8.02. The smallest absolute Gasteiger partial charge is 0.426 e. The van der Waals surface area contributed by atoms with Crippen LogP contribution in [0, 0.1) is 0 Å². The molecular formula is C11H17N3O5S. The SMILES string of the molecule is CON=C(C(=O)O)C1=CSCN1NC(=O)OC(C)(C)C. The molecule has 1 aliphatic heterocycles. The summed E-state index contributed by atoms with van der Waals surface area (Å²) in [6.07, 6.45) is -0.673. The Labute approximate surface area is 120 Å². The van der Waals surface area contributed by atoms with Crippen LogP contribution in [0.4, 0.5) is 4.79 Å². The molecule has 0 aromatic heterocycles. The lowest BCUT2D eigenvalue weighted by Gasteiger charge is -2.25. The minimum absolute atomic E-state index is 0.232. The highest BCUT2D eigenvalue weighted by atomic mass is 32.2. The van der Waals surface area contributed by atoms with Gasteiger partial charge in [0.2, 0.25) is 5.71 Å². The van der Waals surface area contributed by atoms with Crippen LogP contribution in [-0.4, -0.2) is 46.5 Å². The monoisotopic (exact) mass is 303 g/mol. The average molecular weight is 303 g/mol. The molecule has 1 amide bonds. The average Bonchev–Trinajstić information content (AvgIpc) is 2.70. The molecule has 0 aromatic carbocycles. The Bertz CT molecular complexity index is 455. The van der Waals surface area contributed by atoms with E-state index in [4.69, 9.17) is 9.84 Å². The summed E-state index contributed by atoms with van der Waals surface area (Å²) < 4.78 is 5.10. The Morgan fingerprint density at radius 1 is 1.50 bits per heavy atom. The van der Waals surface area contributed by atoms with Gasteiger partial charge in [-0.2, -0.15) is 0 Å². The maximum atomic E-state index is 11.7. The van der Waals surface area contributed by atoms with Gasteiger partial charge >= 0.3 is 12.1 Å². The summed E-state index contributed by atoms with van der Waals surface area (Å²) in [5.74, 6) is -0.901. The predicted molar refractivity (Wildman–Crippen MR) is 73.8 cm³/mol. The number of nitrogens with zero attached hydrogens (tertiary/aromatic N) is 2. The fraction of sp³-hybridized carbons (Fsp3) is 0.545. The zero-order valence-electron chi connectivity index (χ0n) is 11.7. The summed E-state index contributed by atoms with van der Waals surface area (Å²) in [5, 5.41) is 15.4. The van der Waals surface area contributed by atoms with Crippen LogP contribution in [0.25, 0.3) is 0 Å². The van der Waals surface area contributed by atoms with Crippen LogP contribution in [0.2, 0.25) is 0 Å². The summed E-state index contributed by atoms with van der Waals surface area (Å²) in [6.45, 7) is 5.20. The van der Waals surface area contributed by atoms with Crippen molar-refractivity contribution in [2.24, 2.45) is 5.16 Å². The van der Waals surface area contributed by atoms with Crippen molar-refractivity contribution in [2.75, 3.05) is 13.0 Å². The van der Waals surface area contributed by atoms with Crippen molar-refractivity contribution >= 4 is 29.5 Å². The minimum Gasteiger partial charge on any atom is -0.476 e. The number of carboxylic acids is 1. The first-order valence-corrected chi connectivity index (χ1v) is 6.73. The predicted octanol–water partition coefficient (Wildman–Crippen LogP) is 1.36. The molecule has 112 valence electrons. The van der Waals surface area contributed by atoms with E-state index < -0.39 is 17.7 Å². The molecule has 9 heteroatoms. The Morgan fingerprint density at radius 2 is 2.15 bits per heavy atom. The first kappa shape index (κ1) is 16.2. The number of hydrogen-bond donors (Lipinski definition) is 2. The van der Waals surface area contributed by atoms with Gasteiger partial charge in [0.05, 0.1) is 5.88 Å². The molecule has 0 spiro atoms. The van der Waals surface area contributed by atoms with E-state index in [0.717, 1.165) is 0 Å². The van der Waals surface area contributed by atoms with Crippen molar-refractivity contribution in [2.45, 2.75) is 26.4 Å². The molecule has 1 aliphatic rings. The molecule has 0 atom stereocenters. The molecule has 0 unspecified atom stereocenters. The van der Waals surface area contributed by atoms with Gasteiger partial charge in [0.25, 0.3) is 0 Å². The summed E-state index contributed by atoms with van der Waals surface area (Å²) >= 11 is 1.32. The molecule has 0 aliphatic carbocycles. The second-order valence-corrected chi connectivity index (χ2v) is 5.60. The summed E-state index contributed by atoms with van der Waals surface area (Å²) in [7, 11) is 1.25. The van der Waals surface area contributed by atoms with Crippen LogP contribution in [0.1, 0.15) is 20.8 Å². The fourth-order valence-corrected chi connectivity index (χ4v) is 2.12. The first-order chi connectivity index (χ1) is 9.24. The number of carboxylic acid groups (broad SMARTS) is 1. The second-order valence-electron chi connectivity index (χ2n) is 4.77. The van der Waals surface area contributed by atoms with Crippen LogP contribution in [0.15, 0.2) is 16.3 Å². The van der Waals surface area contributed by atoms with E-state index in [1.807, 2.05) is 0 Å². The van der Waals surface area contributed by atoms with Gasteiger partial charge in [0.15, 0.2) is 0 Å². The first-order valence-electron chi connectivity index (χ1n) is 5.68. The van der Waals surface area contributed by atoms with Gasteiger partial charge < -0.3 is 14.7 Å². The molecule has 8 nitrogen and oxygen atoms in total. The maximum absolute atomic E-state index is 11.7. The lowest BCUT2D eigenvalue weighted by molar-refractivity contribution is -0.129. The van der Waals surface area contributed by atoms with Crippen LogP contribution >= 0.6 is 11.8 Å². The number of aliphatic carboxylic acids is 1. The normalized spacial score (nSPS) is 15.7. The third-order valence-corrected chi connectivity index (χ3v) is 2.74. The Hall–Kier alpha value is -1.90. The highest BCUT2D eigenvalue weighted by Gasteiger charge is 2.28. The van der Waals surface area contributed by atoms with Gasteiger partial charge in [-0.3, -0.25) is 5.01 Å². The highest BCUT2D eigenvalue weighted by Crippen LogP contribution is 2.23. The number of carbonyl (C=O) groups excluding carboxylic acids is 1. The Kier molecular flexibility index (Phi) is 5.26. The quantitative estimate of drug-likeness (QED) is 0.597. The van der Waals surface area contributed by atoms with E-state index in [0.29, 0.717) is 5.88 Å². The molecule has 0 aromatic rings. The number of hydrazine groups is 1. The van der Waals surface area contributed by atoms with Crippen LogP contribution < -0.4 is 5.43 Å². The zero-order valence-corrected chi connectivity index (χ0v) is 12.5. The van der Waals surface area contributed by atoms with Crippen molar-refractivity contribution < 1.29 is 24.3 Å². The van der Waals surface area contributed by atoms with Crippen molar-refractivity contribution in [1.82, 2.24) is 10.4 Å². The van der Waals surface area contributed by atoms with E-state index >= 15 is 0 Å². The molecule has 1 rings (SSSR count). The second kappa shape index (κ2) is 6.51. The number of amides is 1. The zero-order chi connectivity index (χ0) is 15.3. The Balaban J connectivity index is 2.77. The van der Waals surface area contributed by atoms with Crippen molar-refractivity contribution in [3.63, 3.8) is 0 Å². The third kappa shape index (κ3) is 4.65. The van der Waals surface area contributed by atoms with E-state index in [1.165, 1.54) is 23.9 Å². The largest absolute Gasteiger partial charge is 0.476 e. The van der Waals surface area contributed by atoms with Gasteiger partial charge in [-0.1, -0.05) is 5.16 Å². The number of oxime groups is 1. The van der Waals surface area contributed by atoms with Gasteiger partial charge in [0, 0.05) is 5.41 Å². The maximum Gasteiger partial charge on any atom is 0.426 e. The standard InChI is InChI=1S/C11H17N3O5S/c1-11(2,3)19-10(17)12-14-6-20-5-7(14)8(9(15)16)13-18-4/h5H,6H2,1-4H3,(H,12,17)(H,15,16). The van der Waals surface area contributed by atoms with Crippen molar-refractivity contribution in [3.8, 4) is 0 Å². The molecule has 0 saturated heterocycles. The topological polar surface area (TPSA) is 100 Å². The molecule has 20 heavy (non-hydrogen) atoms. The van der Waals surface area contributed by atoms with Crippen molar-refractivity contribution in [1.29, 1.82) is 0 Å². The Morgan fingerprint density at radius 3 is 2.65 bits per heavy atom. The summed E-state index contributed by atoms with van der Waals surface area (Å²) in [5.41, 5.74) is 1.75. The van der Waals surface area contributed by atoms with Crippen LogP contribution in [-0.2, 0) is 14.4 Å². The molecule has 1 heterocycles. The molecular weight excluding hydrogens is 286 g/mol. The van der Waals surface area contributed by atoms with Gasteiger partial charge in [-0.15, -0.1) is 11.8 Å². The summed E-state index contributed by atoms with van der Waals surface area (Å²) in [6, 6.07) is 0. The van der Waals surface area contributed by atoms with Gasteiger partial charge in [-0.25, -0.2) is 15.0 Å². The molecule has 0 bridgehead atoms. The minimum atomic E-state index is -1.25. The lowest BCUT2D eigenvalue weighted by Crippen LogP contribution is -2.44. The molecule has 0 fully saturated rings. The number of carbonyl (C=O) groups is 2. The summed E-state index contributed by atoms with van der Waals surface area (Å²) in [4.78, 5) is 27.3. The van der Waals surface area contributed by atoms with E-state index in [1.54, 1.807) is 26.2 Å². The molecule has 2 N–H and O–H groups in total. The number of ether oxygens (including phenoxy) is 1. The van der Waals surface area contributed by atoms with E-state index in [-0.39, 0.29) is 11.4 Å². The van der Waals surface area contributed by atoms with Gasteiger partial charge in [-0.05, 0) is 20.8 Å². The molecule has 0 radical (unpaired) electrons. The van der Waals surface area contributed by atoms with Crippen molar-refractivity contribution in [3.05, 3.63) is 11.1 Å². The van der Waals surface area contributed by atoms with E-state index in [2.05, 4.69) is 15.4 Å². The van der Waals surface area contributed by atoms with Crippen LogP contribution in [0.3, 0.4) is 0 Å². The van der Waals surface area contributed by atoms with Crippen LogP contribution in [0.5, 0.6) is 0 Å². The number of nitrogens with one attached hydrogen (secondary N) is 1. The third-order valence-electron chi connectivity index (χ3n) is 1.94. The number of hydrogen-bond acceptors (Lipinski definition) is 7. The fourth-order valence-electron chi connectivity index (χ4n) is 1.30. The molecule has 0 saturated carbocycles. The number of thioether (sulfide) groups is 1. The van der Waals surface area contributed by atoms with Gasteiger partial charge in [0.1, 0.15) is 18.4 Å². The van der Waals surface area contributed by atoms with E-state index in [9.17, 15) is 9.59 Å².